The summed E-state index contributed by atoms with van der Waals surface area (Å²) in [5.41, 5.74) is 0.727. The van der Waals surface area contributed by atoms with E-state index >= 15 is 0 Å². The molecule has 2 unspecified atom stereocenters. The molecule has 2 aliphatic heterocycles. The summed E-state index contributed by atoms with van der Waals surface area (Å²) >= 11 is 0. The van der Waals surface area contributed by atoms with Crippen molar-refractivity contribution in [3.63, 3.8) is 0 Å². The van der Waals surface area contributed by atoms with Crippen LogP contribution in [-0.4, -0.2) is 36.0 Å². The molecule has 1 amide bonds. The molecule has 0 aliphatic carbocycles. The minimum absolute atomic E-state index is 0.124. The van der Waals surface area contributed by atoms with Crippen LogP contribution in [0.15, 0.2) is 10.5 Å². The second-order valence-corrected chi connectivity index (χ2v) is 5.50. The summed E-state index contributed by atoms with van der Waals surface area (Å²) in [5.74, 6) is 1.67. The van der Waals surface area contributed by atoms with Crippen molar-refractivity contribution in [2.45, 2.75) is 45.2 Å². The van der Waals surface area contributed by atoms with E-state index < -0.39 is 0 Å². The highest BCUT2D eigenvalue weighted by Gasteiger charge is 2.32. The Morgan fingerprint density at radius 1 is 1.33 bits per heavy atom. The lowest BCUT2D eigenvalue weighted by Gasteiger charge is -2.24. The third kappa shape index (κ3) is 2.05. The summed E-state index contributed by atoms with van der Waals surface area (Å²) in [4.78, 5) is 14.5. The van der Waals surface area contributed by atoms with Gasteiger partial charge < -0.3 is 14.6 Å². The van der Waals surface area contributed by atoms with Gasteiger partial charge in [-0.15, -0.1) is 0 Å². The van der Waals surface area contributed by atoms with Crippen LogP contribution >= 0.6 is 0 Å². The van der Waals surface area contributed by atoms with E-state index in [0.29, 0.717) is 12.1 Å². The largest absolute Gasteiger partial charge is 0.466 e. The van der Waals surface area contributed by atoms with Crippen LogP contribution in [-0.2, 0) is 0 Å². The Balaban J connectivity index is 1.78. The molecule has 0 saturated carbocycles. The Kier molecular flexibility index (Phi) is 2.90. The zero-order valence-electron chi connectivity index (χ0n) is 11.0. The highest BCUT2D eigenvalue weighted by Crippen LogP contribution is 2.23. The number of hydrogen-bond acceptors (Lipinski definition) is 3. The van der Waals surface area contributed by atoms with E-state index in [1.165, 1.54) is 12.8 Å². The van der Waals surface area contributed by atoms with Crippen LogP contribution in [0.2, 0.25) is 0 Å². The first kappa shape index (κ1) is 11.8. The van der Waals surface area contributed by atoms with Gasteiger partial charge in [-0.3, -0.25) is 4.79 Å². The molecule has 4 heteroatoms. The maximum Gasteiger partial charge on any atom is 0.257 e. The third-order valence-corrected chi connectivity index (χ3v) is 4.08. The van der Waals surface area contributed by atoms with Crippen LogP contribution < -0.4 is 5.32 Å². The Morgan fingerprint density at radius 2 is 2.11 bits per heavy atom. The molecule has 4 nitrogen and oxygen atoms in total. The number of aryl methyl sites for hydroxylation is 2. The van der Waals surface area contributed by atoms with Crippen molar-refractivity contribution in [1.29, 1.82) is 0 Å². The van der Waals surface area contributed by atoms with Crippen LogP contribution in [0.4, 0.5) is 0 Å². The Bertz CT molecular complexity index is 466. The fourth-order valence-electron chi connectivity index (χ4n) is 3.14. The summed E-state index contributed by atoms with van der Waals surface area (Å²) in [5, 5.41) is 3.59. The monoisotopic (exact) mass is 248 g/mol. The molecule has 2 bridgehead atoms. The quantitative estimate of drug-likeness (QED) is 0.825. The Hall–Kier alpha value is -1.29. The maximum absolute atomic E-state index is 12.5. The minimum atomic E-state index is 0.124. The molecule has 0 radical (unpaired) electrons. The van der Waals surface area contributed by atoms with Gasteiger partial charge in [0.25, 0.3) is 5.91 Å². The summed E-state index contributed by atoms with van der Waals surface area (Å²) < 4.78 is 5.46. The third-order valence-electron chi connectivity index (χ3n) is 4.08. The second kappa shape index (κ2) is 4.43. The molecular weight excluding hydrogens is 228 g/mol. The van der Waals surface area contributed by atoms with Gasteiger partial charge in [-0.05, 0) is 39.2 Å². The molecule has 2 atom stereocenters. The molecule has 1 aromatic rings. The van der Waals surface area contributed by atoms with Crippen molar-refractivity contribution in [2.75, 3.05) is 13.1 Å². The predicted octanol–water partition coefficient (Wildman–Crippen LogP) is 1.86. The second-order valence-electron chi connectivity index (χ2n) is 5.50. The standard InChI is InChI=1S/C14H20N2O2/c1-9-7-13(10(2)18-9)14(17)16-6-5-11-3-4-12(8-16)15-11/h7,11-12,15H,3-6,8H2,1-2H3. The van der Waals surface area contributed by atoms with Gasteiger partial charge in [-0.1, -0.05) is 0 Å². The highest BCUT2D eigenvalue weighted by atomic mass is 16.3. The summed E-state index contributed by atoms with van der Waals surface area (Å²) in [7, 11) is 0. The fraction of sp³-hybridized carbons (Fsp3) is 0.643. The fourth-order valence-corrected chi connectivity index (χ4v) is 3.14. The molecule has 3 rings (SSSR count). The van der Waals surface area contributed by atoms with Crippen molar-refractivity contribution in [2.24, 2.45) is 0 Å². The number of furan rings is 1. The van der Waals surface area contributed by atoms with Crippen LogP contribution in [0.3, 0.4) is 0 Å². The van der Waals surface area contributed by atoms with Gasteiger partial charge in [-0.2, -0.15) is 0 Å². The molecule has 3 heterocycles. The van der Waals surface area contributed by atoms with Gasteiger partial charge in [0.15, 0.2) is 0 Å². The topological polar surface area (TPSA) is 45.5 Å². The average molecular weight is 248 g/mol. The first-order valence-corrected chi connectivity index (χ1v) is 6.76. The lowest BCUT2D eigenvalue weighted by molar-refractivity contribution is 0.0746. The Morgan fingerprint density at radius 3 is 2.83 bits per heavy atom. The van der Waals surface area contributed by atoms with E-state index in [2.05, 4.69) is 5.32 Å². The zero-order chi connectivity index (χ0) is 12.7. The smallest absolute Gasteiger partial charge is 0.257 e. The molecule has 0 spiro atoms. The van der Waals surface area contributed by atoms with E-state index in [1.807, 2.05) is 24.8 Å². The van der Waals surface area contributed by atoms with E-state index in [-0.39, 0.29) is 5.91 Å². The first-order chi connectivity index (χ1) is 8.63. The first-order valence-electron chi connectivity index (χ1n) is 6.76. The highest BCUT2D eigenvalue weighted by molar-refractivity contribution is 5.95. The van der Waals surface area contributed by atoms with Gasteiger partial charge in [0.05, 0.1) is 5.56 Å². The summed E-state index contributed by atoms with van der Waals surface area (Å²) in [6.45, 7) is 5.44. The predicted molar refractivity (Wildman–Crippen MR) is 68.6 cm³/mol. The van der Waals surface area contributed by atoms with E-state index in [9.17, 15) is 4.79 Å². The molecule has 1 N–H and O–H groups in total. The van der Waals surface area contributed by atoms with Crippen LogP contribution in [0.5, 0.6) is 0 Å². The molecule has 2 aliphatic rings. The number of fused-ring (bicyclic) bond motifs is 2. The normalized spacial score (nSPS) is 27.3. The van der Waals surface area contributed by atoms with E-state index in [0.717, 1.165) is 36.6 Å². The van der Waals surface area contributed by atoms with Crippen LogP contribution in [0, 0.1) is 13.8 Å². The molecule has 0 aromatic carbocycles. The van der Waals surface area contributed by atoms with E-state index in [1.54, 1.807) is 0 Å². The van der Waals surface area contributed by atoms with Gasteiger partial charge in [0.2, 0.25) is 0 Å². The molecular formula is C14H20N2O2. The number of amides is 1. The number of nitrogens with one attached hydrogen (secondary N) is 1. The minimum Gasteiger partial charge on any atom is -0.466 e. The van der Waals surface area contributed by atoms with Crippen molar-refractivity contribution in [1.82, 2.24) is 10.2 Å². The van der Waals surface area contributed by atoms with Crippen molar-refractivity contribution in [3.05, 3.63) is 23.2 Å². The molecule has 98 valence electrons. The van der Waals surface area contributed by atoms with Crippen molar-refractivity contribution in [3.8, 4) is 0 Å². The number of carbonyl (C=O) groups excluding carboxylic acids is 1. The maximum atomic E-state index is 12.5. The Labute approximate surface area is 107 Å². The molecule has 2 saturated heterocycles. The van der Waals surface area contributed by atoms with Gasteiger partial charge in [-0.25, -0.2) is 0 Å². The van der Waals surface area contributed by atoms with Crippen molar-refractivity contribution < 1.29 is 9.21 Å². The number of rotatable bonds is 1. The van der Waals surface area contributed by atoms with Crippen LogP contribution in [0.25, 0.3) is 0 Å². The van der Waals surface area contributed by atoms with Crippen molar-refractivity contribution >= 4 is 5.91 Å². The van der Waals surface area contributed by atoms with E-state index in [4.69, 9.17) is 4.42 Å². The summed E-state index contributed by atoms with van der Waals surface area (Å²) in [6, 6.07) is 2.95. The van der Waals surface area contributed by atoms with Gasteiger partial charge in [0.1, 0.15) is 11.5 Å². The average Bonchev–Trinajstić information content (AvgIpc) is 2.81. The van der Waals surface area contributed by atoms with Gasteiger partial charge in [0, 0.05) is 25.2 Å². The SMILES string of the molecule is Cc1cc(C(=O)N2CCC3CCC(C2)N3)c(C)o1. The number of nitrogens with zero attached hydrogens (tertiary/aromatic N) is 1. The number of likely N-dealkylation sites (tertiary alicyclic amines) is 1. The molecule has 1 aromatic heterocycles. The number of carbonyl (C=O) groups is 1. The zero-order valence-corrected chi connectivity index (χ0v) is 11.0. The lowest BCUT2D eigenvalue weighted by atomic mass is 10.1. The van der Waals surface area contributed by atoms with Crippen LogP contribution in [0.1, 0.15) is 41.1 Å². The summed E-state index contributed by atoms with van der Waals surface area (Å²) in [6.07, 6.45) is 3.52. The van der Waals surface area contributed by atoms with Gasteiger partial charge >= 0.3 is 0 Å². The number of hydrogen-bond donors (Lipinski definition) is 1. The molecule has 2 fully saturated rings. The molecule has 18 heavy (non-hydrogen) atoms. The lowest BCUT2D eigenvalue weighted by Crippen LogP contribution is -2.39.